The molecule has 0 saturated carbocycles. The highest BCUT2D eigenvalue weighted by Gasteiger charge is 2.08. The van der Waals surface area contributed by atoms with Crippen LogP contribution in [0, 0.1) is 5.82 Å². The first-order valence-electron chi connectivity index (χ1n) is 5.94. The summed E-state index contributed by atoms with van der Waals surface area (Å²) in [5.74, 6) is 0.346. The Morgan fingerprint density at radius 1 is 1.11 bits per heavy atom. The van der Waals surface area contributed by atoms with Gasteiger partial charge in [-0.1, -0.05) is 18.2 Å². The number of anilines is 1. The minimum Gasteiger partial charge on any atom is -0.481 e. The first-order chi connectivity index (χ1) is 9.28. The normalized spacial score (nSPS) is 11.6. The van der Waals surface area contributed by atoms with E-state index in [4.69, 9.17) is 4.74 Å². The molecule has 98 valence electrons. The Hall–Kier alpha value is -2.36. The van der Waals surface area contributed by atoms with Crippen LogP contribution in [-0.4, -0.2) is 18.9 Å². The molecule has 0 aliphatic rings. The van der Waals surface area contributed by atoms with E-state index in [9.17, 15) is 9.18 Å². The minimum absolute atomic E-state index is 0.293. The van der Waals surface area contributed by atoms with Gasteiger partial charge in [-0.15, -0.1) is 0 Å². The number of ether oxygens (including phenoxy) is 1. The Morgan fingerprint density at radius 3 is 2.42 bits per heavy atom. The molecule has 2 aromatic carbocycles. The van der Waals surface area contributed by atoms with Gasteiger partial charge in [-0.25, -0.2) is 4.39 Å². The topological polar surface area (TPSA) is 38.3 Å². The highest BCUT2D eigenvalue weighted by molar-refractivity contribution is 5.58. The molecule has 19 heavy (non-hydrogen) atoms. The third-order valence-corrected chi connectivity index (χ3v) is 2.53. The molecule has 0 aliphatic carbocycles. The third kappa shape index (κ3) is 4.10. The van der Waals surface area contributed by atoms with E-state index >= 15 is 0 Å². The van der Waals surface area contributed by atoms with Crippen molar-refractivity contribution >= 4 is 12.0 Å². The molecule has 2 rings (SSSR count). The lowest BCUT2D eigenvalue weighted by molar-refractivity contribution is -0.113. The van der Waals surface area contributed by atoms with Crippen molar-refractivity contribution in [2.45, 2.75) is 6.10 Å². The lowest BCUT2D eigenvalue weighted by Crippen LogP contribution is -2.27. The van der Waals surface area contributed by atoms with Gasteiger partial charge < -0.3 is 10.1 Å². The molecular formula is C15H14FNO2. The van der Waals surface area contributed by atoms with E-state index in [1.807, 2.05) is 18.2 Å². The van der Waals surface area contributed by atoms with Gasteiger partial charge in [0.2, 0.25) is 0 Å². The van der Waals surface area contributed by atoms with E-state index in [-0.39, 0.29) is 5.82 Å². The molecule has 0 heterocycles. The monoisotopic (exact) mass is 259 g/mol. The molecule has 0 saturated heterocycles. The summed E-state index contributed by atoms with van der Waals surface area (Å²) in [6.07, 6.45) is 0.149. The van der Waals surface area contributed by atoms with Crippen LogP contribution in [0.4, 0.5) is 10.1 Å². The number of halogens is 1. The van der Waals surface area contributed by atoms with Crippen molar-refractivity contribution in [3.05, 3.63) is 60.4 Å². The zero-order valence-corrected chi connectivity index (χ0v) is 10.3. The lowest BCUT2D eigenvalue weighted by atomic mass is 10.3. The number of para-hydroxylation sites is 1. The second kappa shape index (κ2) is 6.54. The van der Waals surface area contributed by atoms with Crippen molar-refractivity contribution in [2.24, 2.45) is 0 Å². The van der Waals surface area contributed by atoms with Gasteiger partial charge >= 0.3 is 0 Å². The van der Waals surface area contributed by atoms with E-state index in [0.717, 1.165) is 12.0 Å². The first-order valence-corrected chi connectivity index (χ1v) is 5.94. The summed E-state index contributed by atoms with van der Waals surface area (Å²) in [6.45, 7) is 0.323. The molecule has 1 atom stereocenters. The van der Waals surface area contributed by atoms with Gasteiger partial charge in [0.15, 0.2) is 12.4 Å². The summed E-state index contributed by atoms with van der Waals surface area (Å²) in [5, 5.41) is 3.02. The van der Waals surface area contributed by atoms with Crippen molar-refractivity contribution in [3.63, 3.8) is 0 Å². The summed E-state index contributed by atoms with van der Waals surface area (Å²) in [7, 11) is 0. The second-order valence-electron chi connectivity index (χ2n) is 3.99. The minimum atomic E-state index is -0.590. The summed E-state index contributed by atoms with van der Waals surface area (Å²) >= 11 is 0. The lowest BCUT2D eigenvalue weighted by Gasteiger charge is -2.15. The number of benzene rings is 2. The number of carbonyl (C=O) groups is 1. The quantitative estimate of drug-likeness (QED) is 0.811. The Bertz CT molecular complexity index is 513. The molecule has 0 fully saturated rings. The summed E-state index contributed by atoms with van der Waals surface area (Å²) < 4.78 is 18.2. The zero-order valence-electron chi connectivity index (χ0n) is 10.3. The van der Waals surface area contributed by atoms with Gasteiger partial charge in [-0.3, -0.25) is 4.79 Å². The number of rotatable bonds is 6. The Labute approximate surface area is 111 Å². The van der Waals surface area contributed by atoms with Crippen LogP contribution in [0.2, 0.25) is 0 Å². The van der Waals surface area contributed by atoms with Crippen LogP contribution in [-0.2, 0) is 4.79 Å². The smallest absolute Gasteiger partial charge is 0.171 e. The molecular weight excluding hydrogens is 245 g/mol. The first kappa shape index (κ1) is 13.1. The number of aldehydes is 1. The molecule has 1 unspecified atom stereocenters. The highest BCUT2D eigenvalue weighted by Crippen LogP contribution is 2.12. The number of hydrogen-bond donors (Lipinski definition) is 1. The predicted molar refractivity (Wildman–Crippen MR) is 71.8 cm³/mol. The summed E-state index contributed by atoms with van der Waals surface area (Å²) in [6, 6.07) is 15.1. The maximum Gasteiger partial charge on any atom is 0.171 e. The molecule has 0 radical (unpaired) electrons. The molecule has 4 heteroatoms. The fourth-order valence-corrected chi connectivity index (χ4v) is 1.58. The molecule has 0 spiro atoms. The molecule has 0 aliphatic heterocycles. The average Bonchev–Trinajstić information content (AvgIpc) is 2.46. The van der Waals surface area contributed by atoms with Crippen LogP contribution in [0.15, 0.2) is 54.6 Å². The third-order valence-electron chi connectivity index (χ3n) is 2.53. The molecule has 1 N–H and O–H groups in total. The van der Waals surface area contributed by atoms with Gasteiger partial charge in [0.25, 0.3) is 0 Å². The van der Waals surface area contributed by atoms with Crippen molar-refractivity contribution in [2.75, 3.05) is 11.9 Å². The summed E-state index contributed by atoms with van der Waals surface area (Å²) in [5.41, 5.74) is 0.741. The molecule has 0 bridgehead atoms. The average molecular weight is 259 g/mol. The molecule has 0 aromatic heterocycles. The van der Waals surface area contributed by atoms with Crippen LogP contribution in [0.3, 0.4) is 0 Å². The van der Waals surface area contributed by atoms with E-state index in [2.05, 4.69) is 5.32 Å². The SMILES string of the molecule is O=CC(CNc1ccc(F)cc1)Oc1ccccc1. The molecule has 3 nitrogen and oxygen atoms in total. The van der Waals surface area contributed by atoms with Crippen LogP contribution in [0.5, 0.6) is 5.75 Å². The van der Waals surface area contributed by atoms with Crippen LogP contribution >= 0.6 is 0 Å². The predicted octanol–water partition coefficient (Wildman–Crippen LogP) is 2.88. The highest BCUT2D eigenvalue weighted by atomic mass is 19.1. The van der Waals surface area contributed by atoms with E-state index in [1.54, 1.807) is 24.3 Å². The Balaban J connectivity index is 1.89. The van der Waals surface area contributed by atoms with Gasteiger partial charge in [0, 0.05) is 5.69 Å². The maximum atomic E-state index is 12.7. The van der Waals surface area contributed by atoms with Crippen LogP contribution < -0.4 is 10.1 Å². The molecule has 0 amide bonds. The van der Waals surface area contributed by atoms with Gasteiger partial charge in [-0.05, 0) is 36.4 Å². The van der Waals surface area contributed by atoms with Crippen molar-refractivity contribution < 1.29 is 13.9 Å². The number of nitrogens with one attached hydrogen (secondary N) is 1. The fraction of sp³-hybridized carbons (Fsp3) is 0.133. The Kier molecular flexibility index (Phi) is 4.50. The maximum absolute atomic E-state index is 12.7. The van der Waals surface area contributed by atoms with Crippen LogP contribution in [0.1, 0.15) is 0 Å². The fourth-order valence-electron chi connectivity index (χ4n) is 1.58. The largest absolute Gasteiger partial charge is 0.481 e. The van der Waals surface area contributed by atoms with Gasteiger partial charge in [0.1, 0.15) is 11.6 Å². The van der Waals surface area contributed by atoms with E-state index in [1.165, 1.54) is 12.1 Å². The second-order valence-corrected chi connectivity index (χ2v) is 3.99. The summed E-state index contributed by atoms with van der Waals surface area (Å²) in [4.78, 5) is 11.0. The Morgan fingerprint density at radius 2 is 1.79 bits per heavy atom. The molecule has 2 aromatic rings. The van der Waals surface area contributed by atoms with E-state index in [0.29, 0.717) is 12.3 Å². The van der Waals surface area contributed by atoms with Crippen molar-refractivity contribution in [3.8, 4) is 5.75 Å². The van der Waals surface area contributed by atoms with Gasteiger partial charge in [-0.2, -0.15) is 0 Å². The number of hydrogen-bond acceptors (Lipinski definition) is 3. The van der Waals surface area contributed by atoms with Gasteiger partial charge in [0.05, 0.1) is 6.54 Å². The van der Waals surface area contributed by atoms with Crippen molar-refractivity contribution in [1.29, 1.82) is 0 Å². The number of carbonyl (C=O) groups excluding carboxylic acids is 1. The zero-order chi connectivity index (χ0) is 13.5. The standard InChI is InChI=1S/C15H14FNO2/c16-12-6-8-13(9-7-12)17-10-15(11-18)19-14-4-2-1-3-5-14/h1-9,11,15,17H,10H2. The van der Waals surface area contributed by atoms with Crippen LogP contribution in [0.25, 0.3) is 0 Å². The van der Waals surface area contributed by atoms with Crippen molar-refractivity contribution in [1.82, 2.24) is 0 Å². The van der Waals surface area contributed by atoms with E-state index < -0.39 is 6.10 Å².